The number of carbonyl (C=O) groups excluding carboxylic acids is 1. The summed E-state index contributed by atoms with van der Waals surface area (Å²) < 4.78 is 81.2. The van der Waals surface area contributed by atoms with Crippen LogP contribution in [0.5, 0.6) is 0 Å². The predicted octanol–water partition coefficient (Wildman–Crippen LogP) is 3.64. The molecule has 0 saturated heterocycles. The molecule has 0 atom stereocenters. The van der Waals surface area contributed by atoms with Crippen LogP contribution in [-0.2, 0) is 0 Å². The van der Waals surface area contributed by atoms with E-state index in [0.29, 0.717) is 0 Å². The Labute approximate surface area is 149 Å². The number of nitrogens with two attached hydrogens (primary N) is 1. The van der Waals surface area contributed by atoms with E-state index < -0.39 is 35.3 Å². The van der Waals surface area contributed by atoms with Crippen LogP contribution in [0.25, 0.3) is 0 Å². The lowest BCUT2D eigenvalue weighted by Gasteiger charge is -2.34. The number of hydrogen-bond donors (Lipinski definition) is 2. The summed E-state index contributed by atoms with van der Waals surface area (Å²) in [7, 11) is 0. The standard InChI is InChI=1S/C17H13F6N3O/c18-16(19,20)15(17(21,22)23,25-13(24)11-7-3-1-4-8-11)26-14(27)12-9-5-2-6-10-12/h1-10H,(H2,24,25)(H,26,27). The van der Waals surface area contributed by atoms with E-state index in [-0.39, 0.29) is 5.56 Å². The zero-order chi connectivity index (χ0) is 20.3. The van der Waals surface area contributed by atoms with Gasteiger partial charge in [0.05, 0.1) is 0 Å². The van der Waals surface area contributed by atoms with Crippen LogP contribution in [0.4, 0.5) is 26.3 Å². The Hall–Kier alpha value is -3.04. The third-order valence-electron chi connectivity index (χ3n) is 3.51. The molecule has 2 aromatic carbocycles. The van der Waals surface area contributed by atoms with Crippen molar-refractivity contribution in [3.63, 3.8) is 0 Å². The van der Waals surface area contributed by atoms with Gasteiger partial charge in [-0.3, -0.25) is 4.79 Å². The molecule has 0 fully saturated rings. The molecule has 4 nitrogen and oxygen atoms in total. The fourth-order valence-corrected chi connectivity index (χ4v) is 2.14. The molecule has 0 bridgehead atoms. The molecule has 1 amide bonds. The quantitative estimate of drug-likeness (QED) is 0.476. The molecule has 0 aliphatic heterocycles. The van der Waals surface area contributed by atoms with Gasteiger partial charge in [0.2, 0.25) is 0 Å². The molecular weight excluding hydrogens is 376 g/mol. The van der Waals surface area contributed by atoms with Crippen molar-refractivity contribution in [3.8, 4) is 0 Å². The molecule has 0 spiro atoms. The maximum Gasteiger partial charge on any atom is 0.441 e. The number of hydrogen-bond acceptors (Lipinski definition) is 2. The zero-order valence-corrected chi connectivity index (χ0v) is 13.5. The van der Waals surface area contributed by atoms with E-state index in [1.165, 1.54) is 48.5 Å². The minimum absolute atomic E-state index is 0.163. The Morgan fingerprint density at radius 2 is 1.19 bits per heavy atom. The van der Waals surface area contributed by atoms with Gasteiger partial charge < -0.3 is 11.1 Å². The Morgan fingerprint density at radius 1 is 0.778 bits per heavy atom. The number of carbonyl (C=O) groups is 1. The summed E-state index contributed by atoms with van der Waals surface area (Å²) in [6, 6.07) is 12.8. The van der Waals surface area contributed by atoms with Crippen LogP contribution in [0.3, 0.4) is 0 Å². The molecule has 0 heterocycles. The van der Waals surface area contributed by atoms with Gasteiger partial charge in [-0.2, -0.15) is 26.3 Å². The van der Waals surface area contributed by atoms with E-state index >= 15 is 0 Å². The lowest BCUT2D eigenvalue weighted by molar-refractivity contribution is -0.301. The smallest absolute Gasteiger partial charge is 0.383 e. The van der Waals surface area contributed by atoms with Crippen molar-refractivity contribution in [2.24, 2.45) is 10.7 Å². The molecule has 0 saturated carbocycles. The number of nitrogens with one attached hydrogen (secondary N) is 1. The van der Waals surface area contributed by atoms with E-state index in [4.69, 9.17) is 5.73 Å². The largest absolute Gasteiger partial charge is 0.441 e. The monoisotopic (exact) mass is 389 g/mol. The Kier molecular flexibility index (Phi) is 5.48. The summed E-state index contributed by atoms with van der Waals surface area (Å²) >= 11 is 0. The highest BCUT2D eigenvalue weighted by atomic mass is 19.4. The van der Waals surface area contributed by atoms with E-state index in [1.807, 2.05) is 0 Å². The molecule has 0 unspecified atom stereocenters. The average molecular weight is 389 g/mol. The summed E-state index contributed by atoms with van der Waals surface area (Å²) in [6.45, 7) is 0. The van der Waals surface area contributed by atoms with Crippen molar-refractivity contribution in [3.05, 3.63) is 71.8 Å². The first-order valence-electron chi connectivity index (χ1n) is 7.40. The van der Waals surface area contributed by atoms with Gasteiger partial charge in [-0.25, -0.2) is 4.99 Å². The fraction of sp³-hybridized carbons (Fsp3) is 0.176. The number of aliphatic imine (C=N–C) groups is 1. The van der Waals surface area contributed by atoms with Gasteiger partial charge in [0.15, 0.2) is 0 Å². The normalized spacial score (nSPS) is 13.3. The van der Waals surface area contributed by atoms with Gasteiger partial charge >= 0.3 is 18.0 Å². The third kappa shape index (κ3) is 4.21. The minimum atomic E-state index is -6.00. The van der Waals surface area contributed by atoms with Crippen molar-refractivity contribution >= 4 is 11.7 Å². The van der Waals surface area contributed by atoms with Crippen LogP contribution in [0.15, 0.2) is 65.7 Å². The van der Waals surface area contributed by atoms with Crippen molar-refractivity contribution in [2.45, 2.75) is 18.0 Å². The Balaban J connectivity index is 2.59. The van der Waals surface area contributed by atoms with Crippen molar-refractivity contribution in [1.82, 2.24) is 5.32 Å². The fourth-order valence-electron chi connectivity index (χ4n) is 2.14. The summed E-state index contributed by atoms with van der Waals surface area (Å²) in [4.78, 5) is 14.7. The van der Waals surface area contributed by atoms with Gasteiger partial charge in [0.25, 0.3) is 5.91 Å². The van der Waals surface area contributed by atoms with Crippen LogP contribution in [0.2, 0.25) is 0 Å². The highest BCUT2D eigenvalue weighted by Gasteiger charge is 2.73. The highest BCUT2D eigenvalue weighted by molar-refractivity contribution is 5.99. The second kappa shape index (κ2) is 7.29. The average Bonchev–Trinajstić information content (AvgIpc) is 2.60. The second-order valence-corrected chi connectivity index (χ2v) is 5.39. The maximum atomic E-state index is 13.5. The van der Waals surface area contributed by atoms with Gasteiger partial charge in [-0.15, -0.1) is 0 Å². The van der Waals surface area contributed by atoms with Crippen LogP contribution < -0.4 is 11.1 Å². The summed E-state index contributed by atoms with van der Waals surface area (Å²) in [5.41, 5.74) is -0.0842. The predicted molar refractivity (Wildman–Crippen MR) is 85.9 cm³/mol. The number of nitrogens with zero attached hydrogens (tertiary/aromatic N) is 1. The summed E-state index contributed by atoms with van der Waals surface area (Å²) in [6.07, 6.45) is -12.0. The van der Waals surface area contributed by atoms with Gasteiger partial charge in [0.1, 0.15) is 5.84 Å². The zero-order valence-electron chi connectivity index (χ0n) is 13.5. The van der Waals surface area contributed by atoms with Crippen LogP contribution in [0, 0.1) is 0 Å². The van der Waals surface area contributed by atoms with Crippen LogP contribution in [-0.4, -0.2) is 29.8 Å². The SMILES string of the molecule is NC(=NC(NC(=O)c1ccccc1)(C(F)(F)F)C(F)(F)F)c1ccccc1. The first-order chi connectivity index (χ1) is 12.5. The molecule has 27 heavy (non-hydrogen) atoms. The first kappa shape index (κ1) is 20.3. The van der Waals surface area contributed by atoms with E-state index in [9.17, 15) is 31.1 Å². The lowest BCUT2D eigenvalue weighted by Crippen LogP contribution is -2.67. The number of halogens is 6. The molecule has 0 aliphatic carbocycles. The molecule has 0 aromatic heterocycles. The van der Waals surface area contributed by atoms with Crippen molar-refractivity contribution < 1.29 is 31.1 Å². The molecule has 2 aromatic rings. The Bertz CT molecular complexity index is 802. The van der Waals surface area contributed by atoms with Gasteiger partial charge in [-0.1, -0.05) is 48.5 Å². The molecule has 10 heteroatoms. The summed E-state index contributed by atoms with van der Waals surface area (Å²) in [5.74, 6) is -2.63. The van der Waals surface area contributed by atoms with Crippen molar-refractivity contribution in [1.29, 1.82) is 0 Å². The topological polar surface area (TPSA) is 67.5 Å². The van der Waals surface area contributed by atoms with E-state index in [0.717, 1.165) is 17.4 Å². The number of amidine groups is 1. The van der Waals surface area contributed by atoms with E-state index in [2.05, 4.69) is 4.99 Å². The van der Waals surface area contributed by atoms with Gasteiger partial charge in [-0.05, 0) is 12.1 Å². The number of alkyl halides is 6. The van der Waals surface area contributed by atoms with Gasteiger partial charge in [0, 0.05) is 11.1 Å². The highest BCUT2D eigenvalue weighted by Crippen LogP contribution is 2.44. The molecular formula is C17H13F6N3O. The maximum absolute atomic E-state index is 13.5. The minimum Gasteiger partial charge on any atom is -0.383 e. The van der Waals surface area contributed by atoms with Crippen molar-refractivity contribution in [2.75, 3.05) is 0 Å². The number of benzene rings is 2. The molecule has 3 N–H and O–H groups in total. The van der Waals surface area contributed by atoms with Crippen LogP contribution in [0.1, 0.15) is 15.9 Å². The van der Waals surface area contributed by atoms with Crippen LogP contribution >= 0.6 is 0 Å². The number of amides is 1. The van der Waals surface area contributed by atoms with E-state index in [1.54, 1.807) is 0 Å². The molecule has 2 rings (SSSR count). The second-order valence-electron chi connectivity index (χ2n) is 5.39. The molecule has 0 aliphatic rings. The Morgan fingerprint density at radius 3 is 1.59 bits per heavy atom. The lowest BCUT2D eigenvalue weighted by atomic mass is 10.1. The first-order valence-corrected chi connectivity index (χ1v) is 7.40. The molecule has 0 radical (unpaired) electrons. The molecule has 144 valence electrons. The third-order valence-corrected chi connectivity index (χ3v) is 3.51. The summed E-state index contributed by atoms with van der Waals surface area (Å²) in [5, 5.41) is 0.971. The number of rotatable bonds is 4.